The minimum absolute atomic E-state index is 0.902. The lowest BCUT2D eigenvalue weighted by atomic mass is 10.1. The molecule has 2 aromatic heterocycles. The van der Waals surface area contributed by atoms with E-state index in [1.807, 2.05) is 24.5 Å². The third-order valence-corrected chi connectivity index (χ3v) is 7.89. The Hall–Kier alpha value is -3.80. The maximum atomic E-state index is 4.71. The largest absolute Gasteiger partial charge is 0.341 e. The highest BCUT2D eigenvalue weighted by Gasteiger charge is 2.15. The number of rotatable bonds is 6. The van der Waals surface area contributed by atoms with Gasteiger partial charge < -0.3 is 9.80 Å². The smallest absolute Gasteiger partial charge is 0.225 e. The van der Waals surface area contributed by atoms with Gasteiger partial charge in [0.05, 0.1) is 0 Å². The summed E-state index contributed by atoms with van der Waals surface area (Å²) in [6.07, 6.45) is 13.5. The molecule has 0 N–H and O–H groups in total. The van der Waals surface area contributed by atoms with Gasteiger partial charge in [-0.2, -0.15) is 0 Å². The summed E-state index contributed by atoms with van der Waals surface area (Å²) in [6.45, 7) is 8.56. The lowest BCUT2D eigenvalue weighted by molar-refractivity contribution is 0.567. The highest BCUT2D eigenvalue weighted by Crippen LogP contribution is 2.20. The molecule has 4 aromatic rings. The number of piperidine rings is 2. The van der Waals surface area contributed by atoms with Gasteiger partial charge in [0.15, 0.2) is 0 Å². The summed E-state index contributed by atoms with van der Waals surface area (Å²) in [5, 5.41) is 0. The summed E-state index contributed by atoms with van der Waals surface area (Å²) >= 11 is 0. The van der Waals surface area contributed by atoms with Crippen molar-refractivity contribution in [2.75, 3.05) is 36.0 Å². The zero-order chi connectivity index (χ0) is 27.6. The summed E-state index contributed by atoms with van der Waals surface area (Å²) < 4.78 is 0. The Balaban J connectivity index is 0.000000161. The van der Waals surface area contributed by atoms with Crippen molar-refractivity contribution in [3.8, 4) is 0 Å². The van der Waals surface area contributed by atoms with Crippen LogP contribution in [0.15, 0.2) is 73.1 Å². The second-order valence-electron chi connectivity index (χ2n) is 11.0. The number of aromatic nitrogens is 4. The lowest BCUT2D eigenvalue weighted by Gasteiger charge is -2.27. The fraction of sp³-hybridized carbons (Fsp3) is 0.412. The predicted molar refractivity (Wildman–Crippen MR) is 164 cm³/mol. The zero-order valence-electron chi connectivity index (χ0n) is 24.1. The number of hydrogen-bond donors (Lipinski definition) is 0. The minimum atomic E-state index is 0.902. The van der Waals surface area contributed by atoms with E-state index in [1.165, 1.54) is 60.8 Å². The van der Waals surface area contributed by atoms with Gasteiger partial charge in [0.25, 0.3) is 0 Å². The van der Waals surface area contributed by atoms with Gasteiger partial charge in [-0.25, -0.2) is 19.9 Å². The minimum Gasteiger partial charge on any atom is -0.341 e. The Labute approximate surface area is 239 Å². The third-order valence-electron chi connectivity index (χ3n) is 7.89. The van der Waals surface area contributed by atoms with E-state index in [2.05, 4.69) is 82.1 Å². The molecule has 6 nitrogen and oxygen atoms in total. The van der Waals surface area contributed by atoms with Gasteiger partial charge in [-0.05, 0) is 74.6 Å². The maximum absolute atomic E-state index is 4.71. The van der Waals surface area contributed by atoms with E-state index in [0.717, 1.165) is 62.3 Å². The quantitative estimate of drug-likeness (QED) is 0.273. The molecular formula is C34H42N6. The van der Waals surface area contributed by atoms with Crippen LogP contribution in [0.1, 0.15) is 72.2 Å². The molecule has 6 heteroatoms. The first-order chi connectivity index (χ1) is 19.7. The van der Waals surface area contributed by atoms with Crippen LogP contribution < -0.4 is 9.80 Å². The first kappa shape index (κ1) is 27.8. The number of aryl methyl sites for hydroxylation is 2. The lowest BCUT2D eigenvalue weighted by Crippen LogP contribution is -2.31. The summed E-state index contributed by atoms with van der Waals surface area (Å²) in [4.78, 5) is 23.2. The first-order valence-corrected chi connectivity index (χ1v) is 14.9. The van der Waals surface area contributed by atoms with Crippen LogP contribution in [0, 0.1) is 13.8 Å². The van der Waals surface area contributed by atoms with E-state index < -0.39 is 0 Å². The van der Waals surface area contributed by atoms with E-state index >= 15 is 0 Å². The maximum Gasteiger partial charge on any atom is 0.225 e. The summed E-state index contributed by atoms with van der Waals surface area (Å²) in [5.74, 6) is 1.80. The van der Waals surface area contributed by atoms with Crippen molar-refractivity contribution in [1.82, 2.24) is 19.9 Å². The van der Waals surface area contributed by atoms with Gasteiger partial charge in [-0.3, -0.25) is 0 Å². The first-order valence-electron chi connectivity index (χ1n) is 14.9. The van der Waals surface area contributed by atoms with Crippen LogP contribution >= 0.6 is 0 Å². The summed E-state index contributed by atoms with van der Waals surface area (Å²) in [7, 11) is 0. The SMILES string of the molecule is Cc1nc(N2CCCCC2)ncc1Cc1ccccc1.Cc1nc(N2CCCCC2)ncc1Cc1ccccc1. The Morgan fingerprint density at radius 2 is 0.900 bits per heavy atom. The molecule has 6 rings (SSSR count). The zero-order valence-corrected chi connectivity index (χ0v) is 24.1. The fourth-order valence-electron chi connectivity index (χ4n) is 5.43. The van der Waals surface area contributed by atoms with Crippen molar-refractivity contribution in [3.63, 3.8) is 0 Å². The molecule has 2 aliphatic rings. The van der Waals surface area contributed by atoms with E-state index in [1.54, 1.807) is 0 Å². The molecule has 208 valence electrons. The highest BCUT2D eigenvalue weighted by atomic mass is 15.3. The molecule has 0 unspecified atom stereocenters. The van der Waals surface area contributed by atoms with Crippen molar-refractivity contribution in [2.24, 2.45) is 0 Å². The second-order valence-corrected chi connectivity index (χ2v) is 11.0. The van der Waals surface area contributed by atoms with Crippen LogP contribution in [0.3, 0.4) is 0 Å². The van der Waals surface area contributed by atoms with Gasteiger partial charge in [-0.15, -0.1) is 0 Å². The average molecular weight is 535 g/mol. The Bertz CT molecular complexity index is 1220. The molecule has 40 heavy (non-hydrogen) atoms. The molecule has 0 amide bonds. The van der Waals surface area contributed by atoms with Crippen molar-refractivity contribution < 1.29 is 0 Å². The number of anilines is 2. The number of nitrogens with zero attached hydrogens (tertiary/aromatic N) is 6. The standard InChI is InChI=1S/2C17H21N3/c2*1-14-16(12-15-8-4-2-5-9-15)13-18-17(19-14)20-10-6-3-7-11-20/h2*2,4-5,8-9,13H,3,6-7,10-12H2,1H3. The Morgan fingerprint density at radius 3 is 1.25 bits per heavy atom. The molecule has 0 atom stereocenters. The molecule has 0 saturated carbocycles. The van der Waals surface area contributed by atoms with Gasteiger partial charge in [-0.1, -0.05) is 60.7 Å². The van der Waals surface area contributed by atoms with Gasteiger partial charge in [0.2, 0.25) is 11.9 Å². The van der Waals surface area contributed by atoms with Crippen molar-refractivity contribution in [3.05, 3.63) is 107 Å². The molecule has 0 radical (unpaired) electrons. The van der Waals surface area contributed by atoms with Crippen LogP contribution in [0.25, 0.3) is 0 Å². The highest BCUT2D eigenvalue weighted by molar-refractivity contribution is 5.36. The predicted octanol–water partition coefficient (Wildman–Crippen LogP) is 6.73. The van der Waals surface area contributed by atoms with Gasteiger partial charge in [0.1, 0.15) is 0 Å². The summed E-state index contributed by atoms with van der Waals surface area (Å²) in [6, 6.07) is 21.0. The van der Waals surface area contributed by atoms with Crippen LogP contribution in [-0.4, -0.2) is 46.1 Å². The molecule has 2 aromatic carbocycles. The number of benzene rings is 2. The topological polar surface area (TPSA) is 58.0 Å². The molecule has 0 bridgehead atoms. The monoisotopic (exact) mass is 534 g/mol. The molecule has 2 fully saturated rings. The summed E-state index contributed by atoms with van der Waals surface area (Å²) in [5.41, 5.74) is 7.26. The van der Waals surface area contributed by atoms with E-state index in [-0.39, 0.29) is 0 Å². The van der Waals surface area contributed by atoms with Crippen molar-refractivity contribution in [2.45, 2.75) is 65.2 Å². The average Bonchev–Trinajstić information content (AvgIpc) is 3.01. The second kappa shape index (κ2) is 14.0. The third kappa shape index (κ3) is 7.65. The molecule has 4 heterocycles. The molecule has 0 spiro atoms. The molecule has 2 saturated heterocycles. The van der Waals surface area contributed by atoms with Crippen LogP contribution in [0.5, 0.6) is 0 Å². The normalized spacial score (nSPS) is 15.3. The van der Waals surface area contributed by atoms with Crippen LogP contribution in [0.2, 0.25) is 0 Å². The fourth-order valence-corrected chi connectivity index (χ4v) is 5.43. The molecular weight excluding hydrogens is 492 g/mol. The van der Waals surface area contributed by atoms with Gasteiger partial charge in [0, 0.05) is 62.8 Å². The van der Waals surface area contributed by atoms with Crippen LogP contribution in [0.4, 0.5) is 11.9 Å². The Morgan fingerprint density at radius 1 is 0.525 bits per heavy atom. The van der Waals surface area contributed by atoms with E-state index in [4.69, 9.17) is 9.97 Å². The Kier molecular flexibility index (Phi) is 9.72. The molecule has 0 aliphatic carbocycles. The van der Waals surface area contributed by atoms with Crippen molar-refractivity contribution >= 4 is 11.9 Å². The van der Waals surface area contributed by atoms with Crippen LogP contribution in [-0.2, 0) is 12.8 Å². The van der Waals surface area contributed by atoms with E-state index in [0.29, 0.717) is 0 Å². The van der Waals surface area contributed by atoms with Crippen molar-refractivity contribution in [1.29, 1.82) is 0 Å². The number of hydrogen-bond acceptors (Lipinski definition) is 6. The van der Waals surface area contributed by atoms with Gasteiger partial charge >= 0.3 is 0 Å². The van der Waals surface area contributed by atoms with E-state index in [9.17, 15) is 0 Å². The molecule has 2 aliphatic heterocycles.